The third-order valence-electron chi connectivity index (χ3n) is 5.59. The van der Waals surface area contributed by atoms with Crippen LogP contribution in [0, 0.1) is 0 Å². The third-order valence-corrected chi connectivity index (χ3v) is 5.59. The Morgan fingerprint density at radius 2 is 1.96 bits per heavy atom. The van der Waals surface area contributed by atoms with Crippen molar-refractivity contribution in [2.24, 2.45) is 0 Å². The number of rotatable bonds is 4. The number of imidazole rings is 1. The zero-order chi connectivity index (χ0) is 16.6. The van der Waals surface area contributed by atoms with Crippen LogP contribution in [0.15, 0.2) is 35.0 Å². The Hall–Kier alpha value is -2.21. The van der Waals surface area contributed by atoms with E-state index in [0.29, 0.717) is 5.92 Å². The molecule has 0 radical (unpaired) electrons. The van der Waals surface area contributed by atoms with E-state index in [1.54, 1.807) is 0 Å². The summed E-state index contributed by atoms with van der Waals surface area (Å²) in [6, 6.07) is 6.32. The average molecular weight is 337 g/mol. The predicted molar refractivity (Wildman–Crippen MR) is 93.1 cm³/mol. The van der Waals surface area contributed by atoms with E-state index in [-0.39, 0.29) is 6.04 Å². The molecule has 1 aliphatic heterocycles. The Labute approximate surface area is 146 Å². The normalized spacial score (nSPS) is 22.3. The van der Waals surface area contributed by atoms with Gasteiger partial charge in [-0.25, -0.2) is 4.98 Å². The zero-order valence-electron chi connectivity index (χ0n) is 14.3. The molecule has 0 bridgehead atoms. The molecule has 2 fully saturated rings. The van der Waals surface area contributed by atoms with Crippen LogP contribution >= 0.6 is 0 Å². The van der Waals surface area contributed by atoms with Gasteiger partial charge in [0.15, 0.2) is 0 Å². The van der Waals surface area contributed by atoms with Gasteiger partial charge in [0.1, 0.15) is 5.65 Å². The first-order valence-electron chi connectivity index (χ1n) is 9.37. The smallest absolute Gasteiger partial charge is 0.233 e. The molecule has 2 aliphatic rings. The van der Waals surface area contributed by atoms with Gasteiger partial charge in [0.25, 0.3) is 0 Å². The molecule has 1 unspecified atom stereocenters. The maximum absolute atomic E-state index is 6.06. The number of hydrogen-bond acceptors (Lipinski definition) is 5. The Balaban J connectivity index is 1.37. The molecular formula is C19H23N5O. The molecule has 0 spiro atoms. The van der Waals surface area contributed by atoms with Crippen molar-refractivity contribution >= 4 is 5.65 Å². The van der Waals surface area contributed by atoms with Gasteiger partial charge in [-0.05, 0) is 44.4 Å². The minimum atomic E-state index is 0.222. The monoisotopic (exact) mass is 337 g/mol. The van der Waals surface area contributed by atoms with E-state index >= 15 is 0 Å². The predicted octanol–water partition coefficient (Wildman–Crippen LogP) is 3.71. The molecule has 25 heavy (non-hydrogen) atoms. The number of fused-ring (bicyclic) bond motifs is 1. The first-order chi connectivity index (χ1) is 12.4. The van der Waals surface area contributed by atoms with Gasteiger partial charge in [0, 0.05) is 24.9 Å². The summed E-state index contributed by atoms with van der Waals surface area (Å²) in [7, 11) is 0. The topological polar surface area (TPSA) is 59.5 Å². The van der Waals surface area contributed by atoms with Gasteiger partial charge in [-0.1, -0.05) is 18.9 Å². The van der Waals surface area contributed by atoms with E-state index in [2.05, 4.69) is 25.7 Å². The molecule has 1 saturated carbocycles. The maximum atomic E-state index is 6.06. The number of hydrogen-bond donors (Lipinski definition) is 0. The van der Waals surface area contributed by atoms with Crippen molar-refractivity contribution in [2.45, 2.75) is 57.0 Å². The molecule has 3 aromatic heterocycles. The Kier molecular flexibility index (Phi) is 3.77. The molecule has 6 heteroatoms. The van der Waals surface area contributed by atoms with E-state index in [1.807, 2.05) is 24.4 Å². The lowest BCUT2D eigenvalue weighted by atomic mass is 9.85. The van der Waals surface area contributed by atoms with Crippen LogP contribution in [0.25, 0.3) is 5.65 Å². The second-order valence-electron chi connectivity index (χ2n) is 7.29. The maximum Gasteiger partial charge on any atom is 0.233 e. The molecule has 6 nitrogen and oxygen atoms in total. The molecule has 4 heterocycles. The van der Waals surface area contributed by atoms with Gasteiger partial charge in [0.05, 0.1) is 11.7 Å². The Bertz CT molecular complexity index is 832. The summed E-state index contributed by atoms with van der Waals surface area (Å²) in [6.07, 6.45) is 11.3. The van der Waals surface area contributed by atoms with Gasteiger partial charge in [-0.2, -0.15) is 0 Å². The van der Waals surface area contributed by atoms with E-state index < -0.39 is 0 Å². The highest BCUT2D eigenvalue weighted by molar-refractivity contribution is 5.39. The fourth-order valence-electron chi connectivity index (χ4n) is 3.93. The van der Waals surface area contributed by atoms with Crippen molar-refractivity contribution < 1.29 is 4.42 Å². The molecular weight excluding hydrogens is 314 g/mol. The van der Waals surface area contributed by atoms with Crippen LogP contribution in [0.1, 0.15) is 68.0 Å². The Morgan fingerprint density at radius 3 is 2.80 bits per heavy atom. The van der Waals surface area contributed by atoms with Crippen molar-refractivity contribution in [3.8, 4) is 0 Å². The highest BCUT2D eigenvalue weighted by Crippen LogP contribution is 2.37. The zero-order valence-corrected chi connectivity index (χ0v) is 14.3. The van der Waals surface area contributed by atoms with Crippen LogP contribution in [0.2, 0.25) is 0 Å². The highest BCUT2D eigenvalue weighted by Gasteiger charge is 2.31. The number of piperidine rings is 1. The van der Waals surface area contributed by atoms with Gasteiger partial charge in [-0.3, -0.25) is 4.90 Å². The first-order valence-corrected chi connectivity index (χ1v) is 9.37. The SMILES string of the molecule is c1ccn2cc(CN3CCCCC3c3nnc(C4CCC4)o3)nc2c1. The van der Waals surface area contributed by atoms with Crippen molar-refractivity contribution in [2.75, 3.05) is 6.54 Å². The molecule has 1 saturated heterocycles. The molecule has 3 aromatic rings. The lowest BCUT2D eigenvalue weighted by molar-refractivity contribution is 0.114. The number of nitrogens with zero attached hydrogens (tertiary/aromatic N) is 5. The first kappa shape index (κ1) is 15.1. The molecule has 0 aromatic carbocycles. The Morgan fingerprint density at radius 1 is 1.04 bits per heavy atom. The summed E-state index contributed by atoms with van der Waals surface area (Å²) in [5.41, 5.74) is 2.09. The van der Waals surface area contributed by atoms with Gasteiger partial charge >= 0.3 is 0 Å². The van der Waals surface area contributed by atoms with Gasteiger partial charge < -0.3 is 8.82 Å². The summed E-state index contributed by atoms with van der Waals surface area (Å²) in [5.74, 6) is 2.14. The summed E-state index contributed by atoms with van der Waals surface area (Å²) in [6.45, 7) is 1.88. The van der Waals surface area contributed by atoms with Gasteiger partial charge in [0.2, 0.25) is 11.8 Å². The second-order valence-corrected chi connectivity index (χ2v) is 7.29. The number of likely N-dealkylation sites (tertiary alicyclic amines) is 1. The average Bonchev–Trinajstić information content (AvgIpc) is 3.20. The van der Waals surface area contributed by atoms with Crippen molar-refractivity contribution in [3.05, 3.63) is 48.1 Å². The summed E-state index contributed by atoms with van der Waals surface area (Å²) in [4.78, 5) is 7.19. The van der Waals surface area contributed by atoms with Crippen molar-refractivity contribution in [3.63, 3.8) is 0 Å². The highest BCUT2D eigenvalue weighted by atomic mass is 16.4. The number of aromatic nitrogens is 4. The molecule has 0 N–H and O–H groups in total. The largest absolute Gasteiger partial charge is 0.423 e. The lowest BCUT2D eigenvalue weighted by Gasteiger charge is -2.32. The van der Waals surface area contributed by atoms with Crippen molar-refractivity contribution in [1.29, 1.82) is 0 Å². The minimum absolute atomic E-state index is 0.222. The number of pyridine rings is 1. The van der Waals surface area contributed by atoms with Crippen molar-refractivity contribution in [1.82, 2.24) is 24.5 Å². The van der Waals surface area contributed by atoms with Gasteiger partial charge in [-0.15, -0.1) is 10.2 Å². The second kappa shape index (κ2) is 6.26. The van der Waals surface area contributed by atoms with E-state index in [1.165, 1.54) is 32.1 Å². The minimum Gasteiger partial charge on any atom is -0.423 e. The fourth-order valence-corrected chi connectivity index (χ4v) is 3.93. The third kappa shape index (κ3) is 2.84. The molecule has 130 valence electrons. The molecule has 1 aliphatic carbocycles. The van der Waals surface area contributed by atoms with Crippen LogP contribution in [0.4, 0.5) is 0 Å². The molecule has 5 rings (SSSR count). The quantitative estimate of drug-likeness (QED) is 0.726. The molecule has 0 amide bonds. The molecule has 1 atom stereocenters. The van der Waals surface area contributed by atoms with Crippen LogP contribution in [0.3, 0.4) is 0 Å². The van der Waals surface area contributed by atoms with Crippen LogP contribution in [-0.4, -0.2) is 31.0 Å². The fraction of sp³-hybridized carbons (Fsp3) is 0.526. The van der Waals surface area contributed by atoms with E-state index in [4.69, 9.17) is 9.40 Å². The van der Waals surface area contributed by atoms with E-state index in [9.17, 15) is 0 Å². The van der Waals surface area contributed by atoms with Crippen LogP contribution in [-0.2, 0) is 6.54 Å². The van der Waals surface area contributed by atoms with Crippen LogP contribution in [0.5, 0.6) is 0 Å². The summed E-state index contributed by atoms with van der Waals surface area (Å²) >= 11 is 0. The standard InChI is InChI=1S/C19H23N5O/c1-3-10-23(12-15-13-24-11-4-2-9-17(24)20-15)16(8-1)19-22-21-18(25-19)14-6-5-7-14/h2,4,9,11,13-14,16H,1,3,5-8,10,12H2. The summed E-state index contributed by atoms with van der Waals surface area (Å²) < 4.78 is 8.14. The lowest BCUT2D eigenvalue weighted by Crippen LogP contribution is -2.33. The van der Waals surface area contributed by atoms with E-state index in [0.717, 1.165) is 42.6 Å². The summed E-state index contributed by atoms with van der Waals surface area (Å²) in [5, 5.41) is 8.72. The van der Waals surface area contributed by atoms with Crippen LogP contribution < -0.4 is 0 Å².